The Morgan fingerprint density at radius 3 is 2.62 bits per heavy atom. The number of anilines is 4. The zero-order valence-electron chi connectivity index (χ0n) is 15.5. The molecule has 1 aliphatic rings. The molecule has 0 saturated heterocycles. The van der Waals surface area contributed by atoms with E-state index < -0.39 is 0 Å². The molecule has 0 bridgehead atoms. The molecule has 0 radical (unpaired) electrons. The molecule has 3 aromatic rings. The van der Waals surface area contributed by atoms with Gasteiger partial charge >= 0.3 is 0 Å². The van der Waals surface area contributed by atoms with Gasteiger partial charge in [0.05, 0.1) is 0 Å². The van der Waals surface area contributed by atoms with Crippen molar-refractivity contribution in [3.63, 3.8) is 0 Å². The quantitative estimate of drug-likeness (QED) is 0.693. The van der Waals surface area contributed by atoms with Crippen molar-refractivity contribution in [1.29, 1.82) is 0 Å². The fourth-order valence-electron chi connectivity index (χ4n) is 3.56. The van der Waals surface area contributed by atoms with Gasteiger partial charge in [-0.05, 0) is 42.5 Å². The van der Waals surface area contributed by atoms with E-state index in [9.17, 15) is 0 Å². The molecule has 0 spiro atoms. The van der Waals surface area contributed by atoms with E-state index in [1.807, 2.05) is 13.0 Å². The van der Waals surface area contributed by atoms with Crippen LogP contribution in [-0.4, -0.2) is 16.5 Å². The number of nitrogens with zero attached hydrogens (tertiary/aromatic N) is 3. The van der Waals surface area contributed by atoms with E-state index in [1.54, 1.807) is 0 Å². The standard InChI is InChI=1S/C22H24N4/c1-15(2)18-9-5-6-10-19(18)24-22-23-16(3)14-21(25-22)26-13-12-17-8-4-7-11-20(17)26/h4-11,14-15H,12-13H2,1-3H3,(H,23,24,25). The molecule has 0 amide bonds. The van der Waals surface area contributed by atoms with Gasteiger partial charge in [0, 0.05) is 29.7 Å². The first-order valence-corrected chi connectivity index (χ1v) is 9.19. The highest BCUT2D eigenvalue weighted by atomic mass is 15.2. The Bertz CT molecular complexity index is 933. The summed E-state index contributed by atoms with van der Waals surface area (Å²) in [6.45, 7) is 7.37. The number of aromatic nitrogens is 2. The summed E-state index contributed by atoms with van der Waals surface area (Å²) in [7, 11) is 0. The highest BCUT2D eigenvalue weighted by Gasteiger charge is 2.21. The Morgan fingerprint density at radius 2 is 1.77 bits per heavy atom. The van der Waals surface area contributed by atoms with Crippen LogP contribution in [0.25, 0.3) is 0 Å². The SMILES string of the molecule is Cc1cc(N2CCc3ccccc32)nc(Nc2ccccc2C(C)C)n1. The number of nitrogens with one attached hydrogen (secondary N) is 1. The van der Waals surface area contributed by atoms with Crippen LogP contribution in [-0.2, 0) is 6.42 Å². The molecule has 2 heterocycles. The molecule has 0 unspecified atom stereocenters. The van der Waals surface area contributed by atoms with E-state index in [0.29, 0.717) is 11.9 Å². The second-order valence-corrected chi connectivity index (χ2v) is 7.09. The van der Waals surface area contributed by atoms with Crippen molar-refractivity contribution in [3.05, 3.63) is 71.4 Å². The lowest BCUT2D eigenvalue weighted by molar-refractivity contribution is 0.868. The molecular formula is C22H24N4. The van der Waals surface area contributed by atoms with E-state index in [2.05, 4.69) is 77.6 Å². The molecule has 1 aliphatic heterocycles. The third kappa shape index (κ3) is 3.15. The average molecular weight is 344 g/mol. The van der Waals surface area contributed by atoms with Gasteiger partial charge in [-0.1, -0.05) is 50.2 Å². The molecule has 4 rings (SSSR count). The third-order valence-electron chi connectivity index (χ3n) is 4.83. The molecule has 0 fully saturated rings. The summed E-state index contributed by atoms with van der Waals surface area (Å²) >= 11 is 0. The van der Waals surface area contributed by atoms with Crippen molar-refractivity contribution in [3.8, 4) is 0 Å². The Kier molecular flexibility index (Phi) is 4.33. The van der Waals surface area contributed by atoms with Crippen LogP contribution in [0.3, 0.4) is 0 Å². The van der Waals surface area contributed by atoms with Crippen LogP contribution in [0.5, 0.6) is 0 Å². The number of para-hydroxylation sites is 2. The zero-order chi connectivity index (χ0) is 18.1. The molecule has 2 aromatic carbocycles. The van der Waals surface area contributed by atoms with E-state index in [-0.39, 0.29) is 0 Å². The van der Waals surface area contributed by atoms with Crippen molar-refractivity contribution < 1.29 is 0 Å². The number of rotatable bonds is 4. The van der Waals surface area contributed by atoms with Crippen LogP contribution in [0.15, 0.2) is 54.6 Å². The minimum Gasteiger partial charge on any atom is -0.326 e. The van der Waals surface area contributed by atoms with Crippen LogP contribution in [0.2, 0.25) is 0 Å². The first-order valence-electron chi connectivity index (χ1n) is 9.19. The van der Waals surface area contributed by atoms with Gasteiger partial charge in [0.1, 0.15) is 5.82 Å². The summed E-state index contributed by atoms with van der Waals surface area (Å²) < 4.78 is 0. The van der Waals surface area contributed by atoms with Crippen LogP contribution in [0.1, 0.15) is 36.6 Å². The normalized spacial score (nSPS) is 13.2. The van der Waals surface area contributed by atoms with Crippen molar-refractivity contribution in [1.82, 2.24) is 9.97 Å². The van der Waals surface area contributed by atoms with Crippen LogP contribution < -0.4 is 10.2 Å². The van der Waals surface area contributed by atoms with Crippen molar-refractivity contribution >= 4 is 23.1 Å². The highest BCUT2D eigenvalue weighted by molar-refractivity contribution is 5.69. The van der Waals surface area contributed by atoms with E-state index in [4.69, 9.17) is 4.98 Å². The molecule has 26 heavy (non-hydrogen) atoms. The molecule has 1 aromatic heterocycles. The predicted molar refractivity (Wildman–Crippen MR) is 108 cm³/mol. The fourth-order valence-corrected chi connectivity index (χ4v) is 3.56. The van der Waals surface area contributed by atoms with Crippen LogP contribution in [0.4, 0.5) is 23.1 Å². The maximum atomic E-state index is 4.81. The maximum Gasteiger partial charge on any atom is 0.229 e. The van der Waals surface area contributed by atoms with Gasteiger partial charge in [0.25, 0.3) is 0 Å². The topological polar surface area (TPSA) is 41.1 Å². The summed E-state index contributed by atoms with van der Waals surface area (Å²) in [4.78, 5) is 11.7. The molecular weight excluding hydrogens is 320 g/mol. The summed E-state index contributed by atoms with van der Waals surface area (Å²) in [6.07, 6.45) is 1.05. The lowest BCUT2D eigenvalue weighted by Gasteiger charge is -2.20. The van der Waals surface area contributed by atoms with Crippen molar-refractivity contribution in [2.75, 3.05) is 16.8 Å². The lowest BCUT2D eigenvalue weighted by Crippen LogP contribution is -2.16. The summed E-state index contributed by atoms with van der Waals surface area (Å²) in [6, 6.07) is 19.0. The number of aryl methyl sites for hydroxylation is 1. The van der Waals surface area contributed by atoms with E-state index >= 15 is 0 Å². The summed E-state index contributed by atoms with van der Waals surface area (Å²) in [5, 5.41) is 3.43. The molecule has 0 aliphatic carbocycles. The Morgan fingerprint density at radius 1 is 1.00 bits per heavy atom. The molecule has 4 heteroatoms. The highest BCUT2D eigenvalue weighted by Crippen LogP contribution is 2.34. The van der Waals surface area contributed by atoms with Crippen LogP contribution >= 0.6 is 0 Å². The fraction of sp³-hybridized carbons (Fsp3) is 0.273. The van der Waals surface area contributed by atoms with Gasteiger partial charge in [-0.15, -0.1) is 0 Å². The number of hydrogen-bond acceptors (Lipinski definition) is 4. The van der Waals surface area contributed by atoms with Gasteiger partial charge in [0.15, 0.2) is 0 Å². The average Bonchev–Trinajstić information content (AvgIpc) is 3.05. The van der Waals surface area contributed by atoms with Gasteiger partial charge in [-0.3, -0.25) is 0 Å². The zero-order valence-corrected chi connectivity index (χ0v) is 15.5. The predicted octanol–water partition coefficient (Wildman–Crippen LogP) is 5.35. The van der Waals surface area contributed by atoms with Gasteiger partial charge in [-0.25, -0.2) is 4.98 Å². The van der Waals surface area contributed by atoms with E-state index in [0.717, 1.165) is 30.2 Å². The largest absolute Gasteiger partial charge is 0.326 e. The first kappa shape index (κ1) is 16.6. The number of benzene rings is 2. The minimum atomic E-state index is 0.438. The molecule has 1 N–H and O–H groups in total. The second-order valence-electron chi connectivity index (χ2n) is 7.09. The van der Waals surface area contributed by atoms with E-state index in [1.165, 1.54) is 16.8 Å². The number of fused-ring (bicyclic) bond motifs is 1. The van der Waals surface area contributed by atoms with Gasteiger partial charge in [-0.2, -0.15) is 4.98 Å². The molecule has 0 saturated carbocycles. The molecule has 4 nitrogen and oxygen atoms in total. The van der Waals surface area contributed by atoms with Crippen molar-refractivity contribution in [2.45, 2.75) is 33.1 Å². The summed E-state index contributed by atoms with van der Waals surface area (Å²) in [5.41, 5.74) is 5.93. The third-order valence-corrected chi connectivity index (χ3v) is 4.83. The smallest absolute Gasteiger partial charge is 0.229 e. The Balaban J connectivity index is 1.68. The second kappa shape index (κ2) is 6.79. The minimum absolute atomic E-state index is 0.438. The molecule has 132 valence electrons. The van der Waals surface area contributed by atoms with Gasteiger partial charge in [0.2, 0.25) is 5.95 Å². The van der Waals surface area contributed by atoms with Crippen molar-refractivity contribution in [2.24, 2.45) is 0 Å². The monoisotopic (exact) mass is 344 g/mol. The summed E-state index contributed by atoms with van der Waals surface area (Å²) in [5.74, 6) is 2.04. The Hall–Kier alpha value is -2.88. The molecule has 0 atom stereocenters. The number of hydrogen-bond donors (Lipinski definition) is 1. The Labute approximate surface area is 154 Å². The van der Waals surface area contributed by atoms with Crippen LogP contribution in [0, 0.1) is 6.92 Å². The maximum absolute atomic E-state index is 4.81. The first-order chi connectivity index (χ1) is 12.6. The lowest BCUT2D eigenvalue weighted by atomic mass is 10.0. The van der Waals surface area contributed by atoms with Gasteiger partial charge < -0.3 is 10.2 Å².